The zero-order valence-corrected chi connectivity index (χ0v) is 16.9. The predicted molar refractivity (Wildman–Crippen MR) is 106 cm³/mol. The first-order chi connectivity index (χ1) is 12.9. The van der Waals surface area contributed by atoms with Crippen LogP contribution in [0.2, 0.25) is 0 Å². The highest BCUT2D eigenvalue weighted by Crippen LogP contribution is 2.52. The van der Waals surface area contributed by atoms with Gasteiger partial charge in [-0.3, -0.25) is 19.5 Å². The van der Waals surface area contributed by atoms with Crippen LogP contribution in [0.25, 0.3) is 0 Å². The molecule has 2 amide bonds. The number of likely N-dealkylation sites (N-methyl/N-ethyl adjacent to an activating group) is 1. The van der Waals surface area contributed by atoms with E-state index < -0.39 is 0 Å². The average molecular weight is 376 g/mol. The number of hydrogen-bond acceptors (Lipinski definition) is 4. The smallest absolute Gasteiger partial charge is 0.233 e. The third kappa shape index (κ3) is 4.03. The Hall–Kier alpha value is -1.89. The van der Waals surface area contributed by atoms with Crippen molar-refractivity contribution < 1.29 is 9.59 Å². The first kappa shape index (κ1) is 19.9. The Labute approximate surface area is 162 Å². The molecule has 3 aliphatic rings. The number of guanidine groups is 1. The number of carbonyl (C=O) groups is 2. The molecular formula is C20H33N5O2. The number of nitrogens with zero attached hydrogens (tertiary/aromatic N) is 3. The van der Waals surface area contributed by atoms with Crippen LogP contribution in [0.15, 0.2) is 17.1 Å². The molecule has 1 heterocycles. The molecule has 3 rings (SSSR count). The quantitative estimate of drug-likeness (QED) is 0.215. The Kier molecular flexibility index (Phi) is 6.19. The maximum Gasteiger partial charge on any atom is 0.233 e. The number of amides is 2. The highest BCUT2D eigenvalue weighted by molar-refractivity contribution is 6.06. The van der Waals surface area contributed by atoms with Gasteiger partial charge in [0.2, 0.25) is 11.8 Å². The summed E-state index contributed by atoms with van der Waals surface area (Å²) in [7, 11) is 3.85. The van der Waals surface area contributed by atoms with Gasteiger partial charge in [-0.25, -0.2) is 0 Å². The summed E-state index contributed by atoms with van der Waals surface area (Å²) < 4.78 is 0. The summed E-state index contributed by atoms with van der Waals surface area (Å²) in [5, 5.41) is 6.56. The number of nitrogens with one attached hydrogen (secondary N) is 2. The van der Waals surface area contributed by atoms with Gasteiger partial charge in [0.1, 0.15) is 0 Å². The van der Waals surface area contributed by atoms with Crippen molar-refractivity contribution in [1.82, 2.24) is 20.4 Å². The molecular weight excluding hydrogens is 342 g/mol. The Balaban J connectivity index is 1.37. The van der Waals surface area contributed by atoms with Gasteiger partial charge in [-0.2, -0.15) is 0 Å². The summed E-state index contributed by atoms with van der Waals surface area (Å²) in [5.74, 6) is 1.23. The molecule has 4 atom stereocenters. The van der Waals surface area contributed by atoms with Gasteiger partial charge in [-0.15, -0.1) is 0 Å². The lowest BCUT2D eigenvalue weighted by Gasteiger charge is -2.22. The lowest BCUT2D eigenvalue weighted by molar-refractivity contribution is -0.140. The summed E-state index contributed by atoms with van der Waals surface area (Å²) in [6.45, 7) is 7.26. The van der Waals surface area contributed by atoms with Gasteiger partial charge in [0.25, 0.3) is 0 Å². The van der Waals surface area contributed by atoms with Gasteiger partial charge in [0, 0.05) is 39.3 Å². The average Bonchev–Trinajstić information content (AvgIpc) is 3.32. The number of allylic oxidation sites excluding steroid dienone is 2. The van der Waals surface area contributed by atoms with Crippen molar-refractivity contribution in [2.24, 2.45) is 28.7 Å². The fraction of sp³-hybridized carbons (Fsp3) is 0.750. The van der Waals surface area contributed by atoms with Gasteiger partial charge in [0.05, 0.1) is 11.8 Å². The molecule has 0 radical (unpaired) electrons. The van der Waals surface area contributed by atoms with Gasteiger partial charge < -0.3 is 15.5 Å². The highest BCUT2D eigenvalue weighted by Gasteiger charge is 2.58. The van der Waals surface area contributed by atoms with Crippen LogP contribution in [-0.2, 0) is 9.59 Å². The number of likely N-dealkylation sites (tertiary alicyclic amines) is 1. The number of carbonyl (C=O) groups excluding carboxylic acids is 2. The number of rotatable bonds is 8. The highest BCUT2D eigenvalue weighted by atomic mass is 16.2. The Morgan fingerprint density at radius 2 is 1.78 bits per heavy atom. The van der Waals surface area contributed by atoms with Crippen molar-refractivity contribution in [1.29, 1.82) is 0 Å². The van der Waals surface area contributed by atoms with E-state index in [1.165, 1.54) is 4.90 Å². The van der Waals surface area contributed by atoms with Gasteiger partial charge >= 0.3 is 0 Å². The van der Waals surface area contributed by atoms with Crippen LogP contribution in [-0.4, -0.2) is 73.9 Å². The summed E-state index contributed by atoms with van der Waals surface area (Å²) in [5.41, 5.74) is 0. The molecule has 0 aromatic heterocycles. The first-order valence-electron chi connectivity index (χ1n) is 10.1. The lowest BCUT2D eigenvalue weighted by Crippen LogP contribution is -2.43. The maximum atomic E-state index is 12.6. The molecule has 0 aromatic carbocycles. The van der Waals surface area contributed by atoms with Crippen LogP contribution in [0.4, 0.5) is 0 Å². The Morgan fingerprint density at radius 1 is 1.19 bits per heavy atom. The van der Waals surface area contributed by atoms with Gasteiger partial charge in [0.15, 0.2) is 5.96 Å². The fourth-order valence-corrected chi connectivity index (χ4v) is 4.46. The minimum atomic E-state index is -0.0900. The van der Waals surface area contributed by atoms with E-state index in [1.807, 2.05) is 0 Å². The van der Waals surface area contributed by atoms with Crippen molar-refractivity contribution in [3.63, 3.8) is 0 Å². The molecule has 1 saturated heterocycles. The van der Waals surface area contributed by atoms with Crippen molar-refractivity contribution in [2.75, 3.05) is 40.3 Å². The second-order valence-electron chi connectivity index (χ2n) is 8.18. The molecule has 1 saturated carbocycles. The molecule has 150 valence electrons. The van der Waals surface area contributed by atoms with E-state index in [0.29, 0.717) is 19.1 Å². The monoisotopic (exact) mass is 375 g/mol. The van der Waals surface area contributed by atoms with Crippen LogP contribution in [0.1, 0.15) is 26.7 Å². The summed E-state index contributed by atoms with van der Waals surface area (Å²) >= 11 is 0. The Bertz CT molecular complexity index is 600. The van der Waals surface area contributed by atoms with E-state index in [2.05, 4.69) is 53.6 Å². The van der Waals surface area contributed by atoms with Crippen LogP contribution in [0.3, 0.4) is 0 Å². The molecule has 2 fully saturated rings. The molecule has 7 nitrogen and oxygen atoms in total. The number of hydrogen-bond donors (Lipinski definition) is 2. The third-order valence-electron chi connectivity index (χ3n) is 6.27. The van der Waals surface area contributed by atoms with Crippen molar-refractivity contribution in [3.8, 4) is 0 Å². The molecule has 0 aromatic rings. The van der Waals surface area contributed by atoms with Crippen LogP contribution in [0, 0.1) is 23.7 Å². The van der Waals surface area contributed by atoms with Crippen molar-refractivity contribution >= 4 is 17.8 Å². The molecule has 4 unspecified atom stereocenters. The van der Waals surface area contributed by atoms with Crippen molar-refractivity contribution in [3.05, 3.63) is 12.2 Å². The van der Waals surface area contributed by atoms with Crippen molar-refractivity contribution in [2.45, 2.75) is 32.7 Å². The molecule has 1 aliphatic heterocycles. The van der Waals surface area contributed by atoms with E-state index >= 15 is 0 Å². The molecule has 7 heteroatoms. The lowest BCUT2D eigenvalue weighted by atomic mass is 9.85. The largest absolute Gasteiger partial charge is 0.356 e. The summed E-state index contributed by atoms with van der Waals surface area (Å²) in [4.78, 5) is 33.3. The normalized spacial score (nSPS) is 29.4. The van der Waals surface area contributed by atoms with E-state index in [4.69, 9.17) is 0 Å². The van der Waals surface area contributed by atoms with Crippen LogP contribution >= 0.6 is 0 Å². The Morgan fingerprint density at radius 3 is 2.33 bits per heavy atom. The van der Waals surface area contributed by atoms with Gasteiger partial charge in [-0.1, -0.05) is 12.2 Å². The molecule has 27 heavy (non-hydrogen) atoms. The molecule has 2 aliphatic carbocycles. The van der Waals surface area contributed by atoms with E-state index in [9.17, 15) is 9.59 Å². The topological polar surface area (TPSA) is 77.0 Å². The predicted octanol–water partition coefficient (Wildman–Crippen LogP) is 0.689. The summed E-state index contributed by atoms with van der Waals surface area (Å²) in [6, 6.07) is 0.516. The van der Waals surface area contributed by atoms with Gasteiger partial charge in [-0.05, 0) is 45.6 Å². The number of fused-ring (bicyclic) bond motifs is 5. The SMILES string of the molecule is CN=C(NCCCN1C(=O)C2C3C=CC(C3)C2C1=O)NCCN(C)C(C)C. The second-order valence-corrected chi connectivity index (χ2v) is 8.18. The van der Waals surface area contributed by atoms with Crippen LogP contribution < -0.4 is 10.6 Å². The van der Waals surface area contributed by atoms with Crippen LogP contribution in [0.5, 0.6) is 0 Å². The summed E-state index contributed by atoms with van der Waals surface area (Å²) in [6.07, 6.45) is 5.98. The molecule has 0 spiro atoms. The number of imide groups is 1. The van der Waals surface area contributed by atoms with E-state index in [0.717, 1.165) is 31.9 Å². The minimum absolute atomic E-state index is 0.0427. The maximum absolute atomic E-state index is 12.6. The minimum Gasteiger partial charge on any atom is -0.356 e. The van der Waals surface area contributed by atoms with E-state index in [-0.39, 0.29) is 35.5 Å². The molecule has 2 bridgehead atoms. The third-order valence-corrected chi connectivity index (χ3v) is 6.27. The number of aliphatic imine (C=N–C) groups is 1. The first-order valence-corrected chi connectivity index (χ1v) is 10.1. The fourth-order valence-electron chi connectivity index (χ4n) is 4.46. The second kappa shape index (κ2) is 8.42. The zero-order chi connectivity index (χ0) is 19.6. The molecule has 2 N–H and O–H groups in total. The van der Waals surface area contributed by atoms with E-state index in [1.54, 1.807) is 7.05 Å². The zero-order valence-electron chi connectivity index (χ0n) is 16.9. The standard InChI is InChI=1S/C20H33N5O2/c1-13(2)24(4)11-9-23-20(21-3)22-8-5-10-25-18(26)16-14-6-7-15(12-14)17(16)19(25)27/h6-7,13-17H,5,8-12H2,1-4H3,(H2,21,22,23).